The lowest BCUT2D eigenvalue weighted by Gasteiger charge is -2.36. The molecule has 1 fully saturated rings. The Morgan fingerprint density at radius 2 is 1.54 bits per heavy atom. The van der Waals surface area contributed by atoms with E-state index in [2.05, 4.69) is 9.80 Å². The van der Waals surface area contributed by atoms with Gasteiger partial charge in [-0.05, 0) is 72.7 Å². The minimum Gasteiger partial charge on any atom is -0.437 e. The van der Waals surface area contributed by atoms with Crippen LogP contribution < -0.4 is 9.64 Å². The number of rotatable bonds is 6. The molecule has 214 valence electrons. The van der Waals surface area contributed by atoms with Gasteiger partial charge in [0.05, 0.1) is 17.8 Å². The van der Waals surface area contributed by atoms with Crippen LogP contribution in [0.5, 0.6) is 5.75 Å². The molecule has 0 atom stereocenters. The minimum absolute atomic E-state index is 0.267. The van der Waals surface area contributed by atoms with Crippen LogP contribution in [0.1, 0.15) is 24.5 Å². The molecule has 0 spiro atoms. The SMILES string of the molecule is CCC1=C(c2cccc(C(F)(F)F)c2)N=C(Oc2ccc(Cl)cc2)C(CN2CCN(c3ccc(Cl)cc3)CC2)=NC1. The predicted octanol–water partition coefficient (Wildman–Crippen LogP) is 7.89. The summed E-state index contributed by atoms with van der Waals surface area (Å²) >= 11 is 12.1. The predicted molar refractivity (Wildman–Crippen MR) is 161 cm³/mol. The lowest BCUT2D eigenvalue weighted by molar-refractivity contribution is -0.137. The fourth-order valence-electron chi connectivity index (χ4n) is 4.81. The van der Waals surface area contributed by atoms with E-state index in [4.69, 9.17) is 37.9 Å². The monoisotopic (exact) mass is 600 g/mol. The van der Waals surface area contributed by atoms with Gasteiger partial charge in [-0.2, -0.15) is 13.2 Å². The van der Waals surface area contributed by atoms with Crippen LogP contribution in [-0.4, -0.2) is 55.8 Å². The molecule has 3 aromatic carbocycles. The number of piperazine rings is 1. The van der Waals surface area contributed by atoms with Crippen LogP contribution in [0.15, 0.2) is 88.4 Å². The van der Waals surface area contributed by atoms with Crippen molar-refractivity contribution in [3.63, 3.8) is 0 Å². The molecule has 0 N–H and O–H groups in total. The Morgan fingerprint density at radius 1 is 0.878 bits per heavy atom. The highest BCUT2D eigenvalue weighted by Gasteiger charge is 2.31. The van der Waals surface area contributed by atoms with Crippen LogP contribution in [0.3, 0.4) is 0 Å². The van der Waals surface area contributed by atoms with Crippen LogP contribution in [0.2, 0.25) is 10.0 Å². The smallest absolute Gasteiger partial charge is 0.416 e. The Morgan fingerprint density at radius 3 is 2.17 bits per heavy atom. The Kier molecular flexibility index (Phi) is 9.02. The van der Waals surface area contributed by atoms with Crippen LogP contribution >= 0.6 is 23.2 Å². The quantitative estimate of drug-likeness (QED) is 0.289. The zero-order valence-electron chi connectivity index (χ0n) is 22.5. The number of halogens is 5. The number of aliphatic imine (C=N–C) groups is 2. The molecule has 0 amide bonds. The number of benzene rings is 3. The topological polar surface area (TPSA) is 40.4 Å². The van der Waals surface area contributed by atoms with Gasteiger partial charge in [-0.1, -0.05) is 42.3 Å². The molecular formula is C31H29Cl2F3N4O. The first-order chi connectivity index (χ1) is 19.7. The van der Waals surface area contributed by atoms with Crippen molar-refractivity contribution in [3.05, 3.63) is 99.5 Å². The Bertz CT molecular complexity index is 1460. The van der Waals surface area contributed by atoms with E-state index in [0.29, 0.717) is 52.3 Å². The summed E-state index contributed by atoms with van der Waals surface area (Å²) < 4.78 is 46.9. The molecule has 2 aliphatic rings. The van der Waals surface area contributed by atoms with Crippen molar-refractivity contribution in [2.75, 3.05) is 44.2 Å². The number of ether oxygens (including phenoxy) is 1. The average molecular weight is 602 g/mol. The Hall–Kier alpha value is -3.33. The van der Waals surface area contributed by atoms with E-state index < -0.39 is 11.7 Å². The number of alkyl halides is 3. The summed E-state index contributed by atoms with van der Waals surface area (Å²) in [5.74, 6) is 0.778. The average Bonchev–Trinajstić information content (AvgIpc) is 3.14. The largest absolute Gasteiger partial charge is 0.437 e. The Balaban J connectivity index is 1.42. The second kappa shape index (κ2) is 12.7. The number of nitrogens with zero attached hydrogens (tertiary/aromatic N) is 4. The molecule has 0 radical (unpaired) electrons. The van der Waals surface area contributed by atoms with Crippen molar-refractivity contribution in [2.24, 2.45) is 9.98 Å². The molecule has 0 bridgehead atoms. The first-order valence-corrected chi connectivity index (χ1v) is 14.1. The van der Waals surface area contributed by atoms with Gasteiger partial charge in [-0.15, -0.1) is 0 Å². The van der Waals surface area contributed by atoms with E-state index in [0.717, 1.165) is 49.6 Å². The van der Waals surface area contributed by atoms with Gasteiger partial charge >= 0.3 is 6.18 Å². The van der Waals surface area contributed by atoms with Crippen LogP contribution in [0, 0.1) is 0 Å². The van der Waals surface area contributed by atoms with Crippen molar-refractivity contribution in [3.8, 4) is 5.75 Å². The molecule has 3 aromatic rings. The molecular weight excluding hydrogens is 572 g/mol. The molecule has 5 nitrogen and oxygen atoms in total. The van der Waals surface area contributed by atoms with Gasteiger partial charge in [0, 0.05) is 54.0 Å². The molecule has 1 saturated heterocycles. The maximum absolute atomic E-state index is 13.5. The zero-order valence-corrected chi connectivity index (χ0v) is 24.0. The summed E-state index contributed by atoms with van der Waals surface area (Å²) in [4.78, 5) is 14.3. The fraction of sp³-hybridized carbons (Fsp3) is 0.290. The summed E-state index contributed by atoms with van der Waals surface area (Å²) in [7, 11) is 0. The third-order valence-corrected chi connectivity index (χ3v) is 7.62. The zero-order chi connectivity index (χ0) is 29.0. The van der Waals surface area contributed by atoms with Gasteiger partial charge in [0.1, 0.15) is 11.5 Å². The van der Waals surface area contributed by atoms with Crippen LogP contribution in [0.4, 0.5) is 18.9 Å². The summed E-state index contributed by atoms with van der Waals surface area (Å²) in [6.07, 6.45) is -3.88. The van der Waals surface area contributed by atoms with Gasteiger partial charge in [0.2, 0.25) is 5.90 Å². The number of anilines is 1. The normalized spacial score (nSPS) is 16.8. The summed E-state index contributed by atoms with van der Waals surface area (Å²) in [6, 6.07) is 19.9. The maximum atomic E-state index is 13.5. The third kappa shape index (κ3) is 7.31. The van der Waals surface area contributed by atoms with Crippen LogP contribution in [-0.2, 0) is 6.18 Å². The van der Waals surface area contributed by atoms with Gasteiger partial charge in [0.15, 0.2) is 0 Å². The summed E-state index contributed by atoms with van der Waals surface area (Å²) in [5.41, 5.74) is 2.71. The molecule has 0 aliphatic carbocycles. The summed E-state index contributed by atoms with van der Waals surface area (Å²) in [6.45, 7) is 6.01. The van der Waals surface area contributed by atoms with E-state index in [1.165, 1.54) is 6.07 Å². The molecule has 5 rings (SSSR count). The molecule has 0 unspecified atom stereocenters. The maximum Gasteiger partial charge on any atom is 0.416 e. The van der Waals surface area contributed by atoms with E-state index >= 15 is 0 Å². The molecule has 2 heterocycles. The van der Waals surface area contributed by atoms with Gasteiger partial charge < -0.3 is 9.64 Å². The minimum atomic E-state index is -4.46. The highest BCUT2D eigenvalue weighted by atomic mass is 35.5. The number of hydrogen-bond donors (Lipinski definition) is 0. The lowest BCUT2D eigenvalue weighted by Crippen LogP contribution is -2.49. The third-order valence-electron chi connectivity index (χ3n) is 7.11. The van der Waals surface area contributed by atoms with Crippen molar-refractivity contribution < 1.29 is 17.9 Å². The molecule has 0 saturated carbocycles. The first-order valence-electron chi connectivity index (χ1n) is 13.4. The van der Waals surface area contributed by atoms with Gasteiger partial charge in [-0.3, -0.25) is 9.89 Å². The highest BCUT2D eigenvalue weighted by molar-refractivity contribution is 6.41. The van der Waals surface area contributed by atoms with Crippen molar-refractivity contribution in [1.29, 1.82) is 0 Å². The van der Waals surface area contributed by atoms with E-state index in [-0.39, 0.29) is 5.90 Å². The van der Waals surface area contributed by atoms with Gasteiger partial charge in [0.25, 0.3) is 0 Å². The van der Waals surface area contributed by atoms with Crippen molar-refractivity contribution in [1.82, 2.24) is 4.90 Å². The molecule has 10 heteroatoms. The molecule has 2 aliphatic heterocycles. The highest BCUT2D eigenvalue weighted by Crippen LogP contribution is 2.33. The first kappa shape index (κ1) is 29.2. The molecule has 0 aromatic heterocycles. The lowest BCUT2D eigenvalue weighted by atomic mass is 10.0. The van der Waals surface area contributed by atoms with Crippen molar-refractivity contribution in [2.45, 2.75) is 19.5 Å². The second-order valence-corrected chi connectivity index (χ2v) is 10.7. The van der Waals surface area contributed by atoms with Crippen LogP contribution in [0.25, 0.3) is 5.70 Å². The standard InChI is InChI=1S/C31H29Cl2F3N4O/c1-2-21-19-37-28(20-39-14-16-40(17-15-39)26-10-6-24(32)7-11-26)30(41-27-12-8-25(33)9-13-27)38-29(21)22-4-3-5-23(18-22)31(34,35)36/h3-13,18H,2,14-17,19-20H2,1H3. The summed E-state index contributed by atoms with van der Waals surface area (Å²) in [5, 5.41) is 1.27. The van der Waals surface area contributed by atoms with E-state index in [1.807, 2.05) is 31.2 Å². The van der Waals surface area contributed by atoms with Gasteiger partial charge in [-0.25, -0.2) is 4.99 Å². The fourth-order valence-corrected chi connectivity index (χ4v) is 5.06. The number of hydrogen-bond acceptors (Lipinski definition) is 5. The molecule has 41 heavy (non-hydrogen) atoms. The second-order valence-electron chi connectivity index (χ2n) is 9.86. The van der Waals surface area contributed by atoms with E-state index in [1.54, 1.807) is 30.3 Å². The Labute approximate surface area is 247 Å². The van der Waals surface area contributed by atoms with Crippen molar-refractivity contribution >= 4 is 46.2 Å². The van der Waals surface area contributed by atoms with E-state index in [9.17, 15) is 13.2 Å².